The molecule has 14 rings (SSSR count). The molecule has 0 N–H and O–H groups in total. The molecule has 4 heterocycles. The number of fused-ring (bicyclic) bond motifs is 12. The number of hydrogen-bond donors (Lipinski definition) is 0. The van der Waals surface area contributed by atoms with E-state index in [0.717, 1.165) is 61.2 Å². The van der Waals surface area contributed by atoms with E-state index in [-0.39, 0.29) is 0 Å². The van der Waals surface area contributed by atoms with E-state index < -0.39 is 0 Å². The highest BCUT2D eigenvalue weighted by Crippen LogP contribution is 2.43. The van der Waals surface area contributed by atoms with E-state index >= 15 is 0 Å². The van der Waals surface area contributed by atoms with Crippen molar-refractivity contribution >= 4 is 87.4 Å². The molecule has 0 fully saturated rings. The first-order chi connectivity index (χ1) is 32.1. The third kappa shape index (κ3) is 5.32. The van der Waals surface area contributed by atoms with Crippen LogP contribution in [0.2, 0.25) is 0 Å². The Kier molecular flexibility index (Phi) is 7.57. The monoisotopic (exact) mass is 829 g/mol. The van der Waals surface area contributed by atoms with Gasteiger partial charge in [0, 0.05) is 49.1 Å². The second kappa shape index (κ2) is 13.7. The van der Waals surface area contributed by atoms with Crippen LogP contribution in [0.3, 0.4) is 0 Å². The van der Waals surface area contributed by atoms with Crippen molar-refractivity contribution < 1.29 is 4.42 Å². The van der Waals surface area contributed by atoms with Crippen molar-refractivity contribution in [3.8, 4) is 39.3 Å². The third-order valence-electron chi connectivity index (χ3n) is 13.7. The van der Waals surface area contributed by atoms with Crippen molar-refractivity contribution in [1.29, 1.82) is 0 Å². The van der Waals surface area contributed by atoms with Gasteiger partial charge in [-0.1, -0.05) is 133 Å². The molecular formula is C61H39N3O. The lowest BCUT2D eigenvalue weighted by molar-refractivity contribution is 0.669. The number of para-hydroxylation sites is 4. The molecule has 4 heteroatoms. The summed E-state index contributed by atoms with van der Waals surface area (Å²) < 4.78 is 14.1. The van der Waals surface area contributed by atoms with Gasteiger partial charge in [0.2, 0.25) is 0 Å². The molecule has 0 radical (unpaired) electrons. The van der Waals surface area contributed by atoms with Crippen LogP contribution in [0.1, 0.15) is 5.56 Å². The van der Waals surface area contributed by atoms with E-state index in [4.69, 9.17) is 4.42 Å². The van der Waals surface area contributed by atoms with Gasteiger partial charge < -0.3 is 18.1 Å². The van der Waals surface area contributed by atoms with Crippen LogP contribution in [0.15, 0.2) is 223 Å². The van der Waals surface area contributed by atoms with Crippen LogP contribution >= 0.6 is 0 Å². The first-order valence-corrected chi connectivity index (χ1v) is 22.3. The Balaban J connectivity index is 0.996. The molecule has 0 atom stereocenters. The maximum absolute atomic E-state index is 6.75. The van der Waals surface area contributed by atoms with Gasteiger partial charge in [-0.05, 0) is 120 Å². The third-order valence-corrected chi connectivity index (χ3v) is 13.7. The van der Waals surface area contributed by atoms with Gasteiger partial charge in [0.05, 0.1) is 44.2 Å². The van der Waals surface area contributed by atoms with Crippen LogP contribution in [0.5, 0.6) is 0 Å². The van der Waals surface area contributed by atoms with Crippen LogP contribution in [0.4, 0.5) is 0 Å². The molecule has 65 heavy (non-hydrogen) atoms. The molecular weight excluding hydrogens is 791 g/mol. The van der Waals surface area contributed by atoms with E-state index in [1.165, 1.54) is 71.1 Å². The molecule has 0 saturated carbocycles. The fourth-order valence-corrected chi connectivity index (χ4v) is 10.8. The van der Waals surface area contributed by atoms with Crippen molar-refractivity contribution in [3.05, 3.63) is 224 Å². The maximum atomic E-state index is 6.75. The predicted molar refractivity (Wildman–Crippen MR) is 272 cm³/mol. The van der Waals surface area contributed by atoms with Gasteiger partial charge in [-0.15, -0.1) is 0 Å². The number of benzene rings is 10. The van der Waals surface area contributed by atoms with Crippen LogP contribution in [0.25, 0.3) is 127 Å². The predicted octanol–water partition coefficient (Wildman–Crippen LogP) is 16.5. The van der Waals surface area contributed by atoms with Gasteiger partial charge >= 0.3 is 0 Å². The SMILES string of the molecule is Cc1ccc2oc3cc(-c4cccc(-c5ccccc5)c4)cc(-n4c5ccccc5c5cc(-n6c7ccccc7c7cc(-n8c9ccccc9c9ccccc98)ccc76)ccc54)c3c2c1. The molecule has 0 amide bonds. The molecule has 0 aliphatic heterocycles. The molecule has 0 saturated heterocycles. The number of furan rings is 1. The highest BCUT2D eigenvalue weighted by atomic mass is 16.3. The second-order valence-electron chi connectivity index (χ2n) is 17.4. The first kappa shape index (κ1) is 35.9. The minimum absolute atomic E-state index is 0.872. The van der Waals surface area contributed by atoms with Crippen LogP contribution < -0.4 is 0 Å². The zero-order valence-electron chi connectivity index (χ0n) is 35.5. The Morgan fingerprint density at radius 3 is 1.37 bits per heavy atom. The number of aromatic nitrogens is 3. The van der Waals surface area contributed by atoms with Crippen LogP contribution in [0, 0.1) is 6.92 Å². The van der Waals surface area contributed by atoms with Gasteiger partial charge in [-0.2, -0.15) is 0 Å². The van der Waals surface area contributed by atoms with Gasteiger partial charge in [0.15, 0.2) is 0 Å². The van der Waals surface area contributed by atoms with E-state index in [1.807, 2.05) is 0 Å². The molecule has 0 bridgehead atoms. The van der Waals surface area contributed by atoms with E-state index in [9.17, 15) is 0 Å². The van der Waals surface area contributed by atoms with Gasteiger partial charge in [0.1, 0.15) is 11.2 Å². The zero-order valence-corrected chi connectivity index (χ0v) is 35.5. The topological polar surface area (TPSA) is 27.9 Å². The lowest BCUT2D eigenvalue weighted by atomic mass is 9.97. The van der Waals surface area contributed by atoms with E-state index in [1.54, 1.807) is 0 Å². The largest absolute Gasteiger partial charge is 0.456 e. The molecule has 0 spiro atoms. The summed E-state index contributed by atoms with van der Waals surface area (Å²) in [5.41, 5.74) is 18.0. The second-order valence-corrected chi connectivity index (χ2v) is 17.4. The van der Waals surface area contributed by atoms with Crippen molar-refractivity contribution in [3.63, 3.8) is 0 Å². The molecule has 0 aliphatic rings. The normalized spacial score (nSPS) is 12.1. The number of nitrogens with zero attached hydrogens (tertiary/aromatic N) is 3. The summed E-state index contributed by atoms with van der Waals surface area (Å²) >= 11 is 0. The van der Waals surface area contributed by atoms with Gasteiger partial charge in [0.25, 0.3) is 0 Å². The minimum atomic E-state index is 0.872. The Morgan fingerprint density at radius 2 is 0.769 bits per heavy atom. The number of aryl methyl sites for hydroxylation is 1. The van der Waals surface area contributed by atoms with Crippen molar-refractivity contribution in [2.45, 2.75) is 6.92 Å². The summed E-state index contributed by atoms with van der Waals surface area (Å²) in [5.74, 6) is 0. The average molecular weight is 830 g/mol. The average Bonchev–Trinajstić information content (AvgIpc) is 4.10. The standard InChI is InChI=1S/C61H39N3O/c1-38-26-31-59-51(32-38)61-58(34-42(35-60(61)65-59)41-17-13-16-40(33-41)39-14-3-2-4-15-39)64-55-25-12-8-21-48(55)50-37-44(28-30-57(50)64)63-54-24-11-7-20-47(54)49-36-43(27-29-56(49)63)62-52-22-9-5-18-45(52)46-19-6-10-23-53(46)62/h2-37H,1H3. The molecule has 0 aliphatic carbocycles. The maximum Gasteiger partial charge on any atom is 0.138 e. The first-order valence-electron chi connectivity index (χ1n) is 22.3. The molecule has 14 aromatic rings. The van der Waals surface area contributed by atoms with Gasteiger partial charge in [-0.3, -0.25) is 0 Å². The smallest absolute Gasteiger partial charge is 0.138 e. The summed E-state index contributed by atoms with van der Waals surface area (Å²) in [5, 5.41) is 9.60. The van der Waals surface area contributed by atoms with E-state index in [2.05, 4.69) is 239 Å². The molecule has 4 nitrogen and oxygen atoms in total. The minimum Gasteiger partial charge on any atom is -0.456 e. The Hall–Kier alpha value is -8.60. The zero-order chi connectivity index (χ0) is 42.8. The Morgan fingerprint density at radius 1 is 0.292 bits per heavy atom. The van der Waals surface area contributed by atoms with E-state index in [0.29, 0.717) is 0 Å². The highest BCUT2D eigenvalue weighted by molar-refractivity contribution is 6.17. The Labute approximate surface area is 374 Å². The Bertz CT molecular complexity index is 4200. The van der Waals surface area contributed by atoms with Crippen molar-refractivity contribution in [1.82, 2.24) is 13.7 Å². The summed E-state index contributed by atoms with van der Waals surface area (Å²) in [6.07, 6.45) is 0. The number of hydrogen-bond acceptors (Lipinski definition) is 1. The summed E-state index contributed by atoms with van der Waals surface area (Å²) in [4.78, 5) is 0. The summed E-state index contributed by atoms with van der Waals surface area (Å²) in [6, 6.07) is 79.7. The fraction of sp³-hybridized carbons (Fsp3) is 0.0164. The molecule has 0 unspecified atom stereocenters. The quantitative estimate of drug-likeness (QED) is 0.170. The molecule has 10 aromatic carbocycles. The van der Waals surface area contributed by atoms with Crippen molar-refractivity contribution in [2.75, 3.05) is 0 Å². The molecule has 4 aromatic heterocycles. The summed E-state index contributed by atoms with van der Waals surface area (Å²) in [7, 11) is 0. The summed E-state index contributed by atoms with van der Waals surface area (Å²) in [6.45, 7) is 2.16. The van der Waals surface area contributed by atoms with Gasteiger partial charge in [-0.25, -0.2) is 0 Å². The highest BCUT2D eigenvalue weighted by Gasteiger charge is 2.22. The fourth-order valence-electron chi connectivity index (χ4n) is 10.8. The van der Waals surface area contributed by atoms with Crippen molar-refractivity contribution in [2.24, 2.45) is 0 Å². The lowest BCUT2D eigenvalue weighted by Gasteiger charge is -2.14. The molecule has 304 valence electrons. The van der Waals surface area contributed by atoms with Crippen LogP contribution in [-0.2, 0) is 0 Å². The lowest BCUT2D eigenvalue weighted by Crippen LogP contribution is -1.97. The van der Waals surface area contributed by atoms with Crippen LogP contribution in [-0.4, -0.2) is 13.7 Å². The number of rotatable bonds is 5.